The number of nitrogens with one attached hydrogen (secondary N) is 1. The van der Waals surface area contributed by atoms with E-state index in [4.69, 9.17) is 0 Å². The third kappa shape index (κ3) is 3.35. The minimum Gasteiger partial charge on any atom is -0.263 e. The van der Waals surface area contributed by atoms with Crippen molar-refractivity contribution >= 4 is 15.8 Å². The van der Waals surface area contributed by atoms with Crippen LogP contribution in [-0.2, 0) is 16.4 Å². The molecular formula is C13H12F3N3O2S. The summed E-state index contributed by atoms with van der Waals surface area (Å²) >= 11 is 0. The molecule has 0 bridgehead atoms. The van der Waals surface area contributed by atoms with E-state index in [0.29, 0.717) is 30.1 Å². The highest BCUT2D eigenvalue weighted by Crippen LogP contribution is 2.20. The maximum Gasteiger partial charge on any atom is 0.263 e. The highest BCUT2D eigenvalue weighted by molar-refractivity contribution is 7.92. The molecule has 1 aromatic carbocycles. The smallest absolute Gasteiger partial charge is 0.263 e. The van der Waals surface area contributed by atoms with E-state index in [1.165, 1.54) is 6.07 Å². The Morgan fingerprint density at radius 1 is 1.09 bits per heavy atom. The van der Waals surface area contributed by atoms with Crippen molar-refractivity contribution in [3.05, 3.63) is 47.2 Å². The third-order valence-electron chi connectivity index (χ3n) is 2.76. The predicted octanol–water partition coefficient (Wildman–Crippen LogP) is 2.57. The average molecular weight is 331 g/mol. The van der Waals surface area contributed by atoms with E-state index in [1.54, 1.807) is 6.92 Å². The van der Waals surface area contributed by atoms with Gasteiger partial charge in [-0.3, -0.25) is 4.72 Å². The zero-order valence-corrected chi connectivity index (χ0v) is 12.5. The van der Waals surface area contributed by atoms with Crippen LogP contribution in [0.15, 0.2) is 23.1 Å². The molecule has 0 fully saturated rings. The number of nitrogens with zero attached hydrogens (tertiary/aromatic N) is 2. The fraction of sp³-hybridized carbons (Fsp3) is 0.231. The molecule has 118 valence electrons. The molecule has 1 N–H and O–H groups in total. The second kappa shape index (κ2) is 5.91. The Hall–Kier alpha value is -2.16. The number of anilines is 1. The molecule has 9 heteroatoms. The molecule has 5 nitrogen and oxygen atoms in total. The topological polar surface area (TPSA) is 72.0 Å². The van der Waals surface area contributed by atoms with Crippen LogP contribution in [0.2, 0.25) is 0 Å². The van der Waals surface area contributed by atoms with Crippen molar-refractivity contribution in [2.24, 2.45) is 0 Å². The van der Waals surface area contributed by atoms with Crippen molar-refractivity contribution in [1.29, 1.82) is 0 Å². The second-order valence-corrected chi connectivity index (χ2v) is 6.13. The van der Waals surface area contributed by atoms with Gasteiger partial charge in [0.25, 0.3) is 10.0 Å². The van der Waals surface area contributed by atoms with Crippen LogP contribution < -0.4 is 4.72 Å². The molecule has 0 aliphatic heterocycles. The minimum absolute atomic E-state index is 0.0329. The summed E-state index contributed by atoms with van der Waals surface area (Å²) in [6, 6.07) is 2.20. The third-order valence-corrected chi connectivity index (χ3v) is 4.09. The first-order valence-electron chi connectivity index (χ1n) is 6.25. The predicted molar refractivity (Wildman–Crippen MR) is 73.3 cm³/mol. The van der Waals surface area contributed by atoms with Crippen LogP contribution in [0.3, 0.4) is 0 Å². The zero-order valence-electron chi connectivity index (χ0n) is 11.7. The fourth-order valence-corrected chi connectivity index (χ4v) is 2.76. The largest absolute Gasteiger partial charge is 0.263 e. The molecule has 0 radical (unpaired) electrons. The quantitative estimate of drug-likeness (QED) is 0.874. The monoisotopic (exact) mass is 331 g/mol. The molecule has 0 spiro atoms. The van der Waals surface area contributed by atoms with Gasteiger partial charge in [0.1, 0.15) is 11.6 Å². The molecule has 1 heterocycles. The Bertz CT molecular complexity index is 802. The Kier molecular flexibility index (Phi) is 4.36. The van der Waals surface area contributed by atoms with Crippen molar-refractivity contribution in [3.8, 4) is 0 Å². The Balaban J connectivity index is 2.42. The van der Waals surface area contributed by atoms with Gasteiger partial charge in [0, 0.05) is 11.8 Å². The SMILES string of the molecule is CCc1cc(NS(=O)(=O)c2cc(F)c(F)c(F)c2)nc(C)n1. The van der Waals surface area contributed by atoms with Crippen LogP contribution >= 0.6 is 0 Å². The van der Waals surface area contributed by atoms with Gasteiger partial charge in [-0.1, -0.05) is 6.92 Å². The number of sulfonamides is 1. The van der Waals surface area contributed by atoms with Gasteiger partial charge >= 0.3 is 0 Å². The van der Waals surface area contributed by atoms with Crippen LogP contribution in [0.1, 0.15) is 18.4 Å². The Morgan fingerprint density at radius 3 is 2.23 bits per heavy atom. The Morgan fingerprint density at radius 2 is 1.68 bits per heavy atom. The van der Waals surface area contributed by atoms with E-state index >= 15 is 0 Å². The highest BCUT2D eigenvalue weighted by Gasteiger charge is 2.21. The number of aryl methyl sites for hydroxylation is 2. The fourth-order valence-electron chi connectivity index (χ4n) is 1.75. The van der Waals surface area contributed by atoms with Gasteiger partial charge in [-0.15, -0.1) is 0 Å². The number of aromatic nitrogens is 2. The minimum atomic E-state index is -4.30. The summed E-state index contributed by atoms with van der Waals surface area (Å²) in [4.78, 5) is 7.23. The van der Waals surface area contributed by atoms with Crippen molar-refractivity contribution < 1.29 is 21.6 Å². The summed E-state index contributed by atoms with van der Waals surface area (Å²) in [7, 11) is -4.30. The molecule has 0 aliphatic rings. The van der Waals surface area contributed by atoms with E-state index < -0.39 is 32.4 Å². The van der Waals surface area contributed by atoms with Crippen LogP contribution in [0.5, 0.6) is 0 Å². The van der Waals surface area contributed by atoms with E-state index in [1.807, 2.05) is 6.92 Å². The molecule has 1 aromatic heterocycles. The number of benzene rings is 1. The second-order valence-electron chi connectivity index (χ2n) is 4.45. The lowest BCUT2D eigenvalue weighted by Crippen LogP contribution is -2.16. The summed E-state index contributed by atoms with van der Waals surface area (Å²) in [6.07, 6.45) is 0.553. The summed E-state index contributed by atoms with van der Waals surface area (Å²) < 4.78 is 65.5. The number of rotatable bonds is 4. The molecule has 0 saturated heterocycles. The van der Waals surface area contributed by atoms with E-state index in [0.717, 1.165) is 0 Å². The molecule has 22 heavy (non-hydrogen) atoms. The maximum atomic E-state index is 13.2. The lowest BCUT2D eigenvalue weighted by molar-refractivity contribution is 0.442. The maximum absolute atomic E-state index is 13.2. The first-order valence-corrected chi connectivity index (χ1v) is 7.73. The summed E-state index contributed by atoms with van der Waals surface area (Å²) in [5.41, 5.74) is 0.599. The van der Waals surface area contributed by atoms with Gasteiger partial charge in [-0.2, -0.15) is 0 Å². The number of hydrogen-bond acceptors (Lipinski definition) is 4. The summed E-state index contributed by atoms with van der Waals surface area (Å²) in [5, 5.41) is 0. The van der Waals surface area contributed by atoms with Crippen LogP contribution in [-0.4, -0.2) is 18.4 Å². The van der Waals surface area contributed by atoms with Gasteiger partial charge in [0.15, 0.2) is 17.5 Å². The van der Waals surface area contributed by atoms with Crippen molar-refractivity contribution in [2.45, 2.75) is 25.2 Å². The normalized spacial score (nSPS) is 11.5. The van der Waals surface area contributed by atoms with Gasteiger partial charge in [0.2, 0.25) is 0 Å². The summed E-state index contributed by atoms with van der Waals surface area (Å²) in [5.74, 6) is -4.60. The van der Waals surface area contributed by atoms with Gasteiger partial charge in [-0.05, 0) is 25.5 Å². The number of hydrogen-bond donors (Lipinski definition) is 1. The molecule has 0 atom stereocenters. The van der Waals surface area contributed by atoms with Crippen molar-refractivity contribution in [2.75, 3.05) is 4.72 Å². The standard InChI is InChI=1S/C13H12F3N3O2S/c1-3-8-4-12(18-7(2)17-8)19-22(20,21)9-5-10(14)13(16)11(15)6-9/h4-6H,3H2,1-2H3,(H,17,18,19). The molecule has 0 saturated carbocycles. The Labute approximate surface area is 125 Å². The van der Waals surface area contributed by atoms with Crippen LogP contribution in [0, 0.1) is 24.4 Å². The molecule has 2 aromatic rings. The van der Waals surface area contributed by atoms with Crippen molar-refractivity contribution in [3.63, 3.8) is 0 Å². The molecule has 0 unspecified atom stereocenters. The molecule has 2 rings (SSSR count). The highest BCUT2D eigenvalue weighted by atomic mass is 32.2. The van der Waals surface area contributed by atoms with Gasteiger partial charge in [-0.25, -0.2) is 31.6 Å². The average Bonchev–Trinajstić information content (AvgIpc) is 2.42. The first-order chi connectivity index (χ1) is 10.2. The van der Waals surface area contributed by atoms with Crippen molar-refractivity contribution in [1.82, 2.24) is 9.97 Å². The zero-order chi connectivity index (χ0) is 16.5. The first kappa shape index (κ1) is 16.2. The number of halogens is 3. The van der Waals surface area contributed by atoms with E-state index in [9.17, 15) is 21.6 Å². The molecule has 0 amide bonds. The molecule has 0 aliphatic carbocycles. The summed E-state index contributed by atoms with van der Waals surface area (Å²) in [6.45, 7) is 3.40. The lowest BCUT2D eigenvalue weighted by Gasteiger charge is -2.09. The lowest BCUT2D eigenvalue weighted by atomic mass is 10.3. The van der Waals surface area contributed by atoms with E-state index in [2.05, 4.69) is 14.7 Å². The van der Waals surface area contributed by atoms with Crippen LogP contribution in [0.4, 0.5) is 19.0 Å². The molecular weight excluding hydrogens is 319 g/mol. The van der Waals surface area contributed by atoms with Gasteiger partial charge in [0.05, 0.1) is 4.90 Å². The van der Waals surface area contributed by atoms with E-state index in [-0.39, 0.29) is 5.82 Å². The van der Waals surface area contributed by atoms with Gasteiger partial charge < -0.3 is 0 Å². The van der Waals surface area contributed by atoms with Crippen LogP contribution in [0.25, 0.3) is 0 Å².